The average molecular weight is 702 g/mol. The first-order valence-corrected chi connectivity index (χ1v) is 18.8. The summed E-state index contributed by atoms with van der Waals surface area (Å²) in [7, 11) is 3.50. The molecule has 0 radical (unpaired) electrons. The fourth-order valence-corrected chi connectivity index (χ4v) is 8.06. The number of piperazine rings is 1. The van der Waals surface area contributed by atoms with Crippen LogP contribution < -0.4 is 25.6 Å². The summed E-state index contributed by atoms with van der Waals surface area (Å²) in [6.07, 6.45) is 9.72. The van der Waals surface area contributed by atoms with Gasteiger partial charge in [-0.2, -0.15) is 4.98 Å². The quantitative estimate of drug-likeness (QED) is 0.166. The van der Waals surface area contributed by atoms with Crippen molar-refractivity contribution in [3.05, 3.63) is 58.3 Å². The topological polar surface area (TPSA) is 81.7 Å². The first kappa shape index (κ1) is 32.5. The zero-order valence-corrected chi connectivity index (χ0v) is 29.8. The molecule has 4 aromatic rings. The second kappa shape index (κ2) is 14.1. The normalized spacial score (nSPS) is 16.5. The first-order valence-electron chi connectivity index (χ1n) is 15.7. The lowest BCUT2D eigenvalue weighted by atomic mass is 10.0. The van der Waals surface area contributed by atoms with Gasteiger partial charge in [0.05, 0.1) is 22.8 Å². The fourth-order valence-electron chi connectivity index (χ4n) is 6.49. The van der Waals surface area contributed by atoms with Crippen molar-refractivity contribution in [3.8, 4) is 18.1 Å². The number of nitrogens with one attached hydrogen (secondary N) is 2. The van der Waals surface area contributed by atoms with Crippen molar-refractivity contribution < 1.29 is 4.74 Å². The summed E-state index contributed by atoms with van der Waals surface area (Å²) < 4.78 is 6.69. The lowest BCUT2D eigenvalue weighted by Gasteiger charge is -2.42. The van der Waals surface area contributed by atoms with E-state index in [2.05, 4.69) is 109 Å². The standard InChI is InChI=1S/C35H42BrN8OP/c1-7-24-8-9-26-28(38-24)10-11-29(33(26)46(5)6)39-34-27(36)22-37-35(41-34)40-30-21-32(45-4)31(20-23(30)2)44-14-12-25(13-15-44)43-18-16-42(3)17-19-43/h1,8-11,20-22,25H,12-19H2,2-6H3,(H2,37,39,40,41). The van der Waals surface area contributed by atoms with Crippen molar-refractivity contribution in [2.24, 2.45) is 0 Å². The number of rotatable bonds is 8. The number of pyridine rings is 1. The number of aryl methyl sites for hydroxylation is 1. The van der Waals surface area contributed by atoms with E-state index in [4.69, 9.17) is 16.1 Å². The summed E-state index contributed by atoms with van der Waals surface area (Å²) in [5.74, 6) is 4.65. The Bertz CT molecular complexity index is 1760. The third-order valence-electron chi connectivity index (χ3n) is 9.07. The Morgan fingerprint density at radius 2 is 1.74 bits per heavy atom. The first-order chi connectivity index (χ1) is 22.2. The molecule has 0 unspecified atom stereocenters. The number of fused-ring (bicyclic) bond motifs is 1. The minimum Gasteiger partial charge on any atom is -0.495 e. The van der Waals surface area contributed by atoms with Crippen molar-refractivity contribution in [1.82, 2.24) is 24.8 Å². The number of ether oxygens (including phenoxy) is 1. The van der Waals surface area contributed by atoms with Crippen molar-refractivity contribution in [1.29, 1.82) is 0 Å². The van der Waals surface area contributed by atoms with Crippen molar-refractivity contribution >= 4 is 68.9 Å². The number of aromatic nitrogens is 3. The van der Waals surface area contributed by atoms with E-state index in [1.807, 2.05) is 12.1 Å². The number of benzene rings is 2. The number of hydrogen-bond donors (Lipinski definition) is 2. The fraction of sp³-hybridized carbons (Fsp3) is 0.400. The van der Waals surface area contributed by atoms with Gasteiger partial charge in [-0.15, -0.1) is 6.42 Å². The number of anilines is 5. The maximum absolute atomic E-state index is 5.92. The Hall–Kier alpha value is -3.48. The number of likely N-dealkylation sites (N-methyl/N-ethyl adjacent to an activating group) is 1. The molecule has 2 fully saturated rings. The van der Waals surface area contributed by atoms with Crippen LogP contribution >= 0.6 is 23.9 Å². The van der Waals surface area contributed by atoms with Gasteiger partial charge in [0.15, 0.2) is 0 Å². The van der Waals surface area contributed by atoms with E-state index >= 15 is 0 Å². The summed E-state index contributed by atoms with van der Waals surface area (Å²) in [5, 5.41) is 9.32. The largest absolute Gasteiger partial charge is 0.495 e. The van der Waals surface area contributed by atoms with E-state index in [0.717, 1.165) is 69.9 Å². The van der Waals surface area contributed by atoms with Gasteiger partial charge in [0.2, 0.25) is 5.95 Å². The Balaban J connectivity index is 1.20. The van der Waals surface area contributed by atoms with Crippen molar-refractivity contribution in [2.45, 2.75) is 25.8 Å². The zero-order valence-electron chi connectivity index (χ0n) is 27.3. The molecule has 2 aliphatic rings. The zero-order chi connectivity index (χ0) is 32.4. The lowest BCUT2D eigenvalue weighted by molar-refractivity contribution is 0.0981. The molecule has 11 heteroatoms. The van der Waals surface area contributed by atoms with E-state index in [9.17, 15) is 0 Å². The molecule has 4 heterocycles. The van der Waals surface area contributed by atoms with Crippen molar-refractivity contribution in [3.63, 3.8) is 0 Å². The lowest BCUT2D eigenvalue weighted by Crippen LogP contribution is -2.52. The van der Waals surface area contributed by atoms with Crippen LogP contribution in [0.1, 0.15) is 24.1 Å². The number of methoxy groups -OCH3 is 1. The number of piperidine rings is 1. The molecule has 2 aromatic carbocycles. The Kier molecular flexibility index (Phi) is 9.95. The molecular weight excluding hydrogens is 659 g/mol. The van der Waals surface area contributed by atoms with Crippen LogP contribution in [0.4, 0.5) is 28.8 Å². The molecule has 240 valence electrons. The maximum atomic E-state index is 5.92. The van der Waals surface area contributed by atoms with Gasteiger partial charge >= 0.3 is 0 Å². The average Bonchev–Trinajstić information content (AvgIpc) is 3.07. The van der Waals surface area contributed by atoms with Gasteiger partial charge in [-0.1, -0.05) is 13.8 Å². The van der Waals surface area contributed by atoms with E-state index in [0.29, 0.717) is 23.5 Å². The molecule has 2 aliphatic heterocycles. The molecule has 0 atom stereocenters. The molecule has 2 aromatic heterocycles. The highest BCUT2D eigenvalue weighted by molar-refractivity contribution is 9.10. The molecule has 46 heavy (non-hydrogen) atoms. The predicted octanol–water partition coefficient (Wildman–Crippen LogP) is 6.16. The van der Waals surface area contributed by atoms with Crippen LogP contribution in [0.25, 0.3) is 10.9 Å². The summed E-state index contributed by atoms with van der Waals surface area (Å²) >= 11 is 3.65. The van der Waals surface area contributed by atoms with E-state index in [-0.39, 0.29) is 0 Å². The molecular formula is C35H42BrN8OP. The molecule has 0 bridgehead atoms. The number of terminal acetylenes is 1. The van der Waals surface area contributed by atoms with Crippen LogP contribution in [0.3, 0.4) is 0 Å². The Morgan fingerprint density at radius 1 is 0.978 bits per heavy atom. The van der Waals surface area contributed by atoms with E-state index in [1.165, 1.54) is 31.2 Å². The van der Waals surface area contributed by atoms with Gasteiger partial charge in [0.25, 0.3) is 0 Å². The molecule has 9 nitrogen and oxygen atoms in total. The smallest absolute Gasteiger partial charge is 0.229 e. The molecule has 6 rings (SSSR count). The summed E-state index contributed by atoms with van der Waals surface area (Å²) in [6.45, 7) is 13.3. The number of nitrogens with zero attached hydrogens (tertiary/aromatic N) is 6. The Labute approximate surface area is 282 Å². The molecule has 0 amide bonds. The van der Waals surface area contributed by atoms with Crippen LogP contribution in [-0.4, -0.2) is 97.5 Å². The monoisotopic (exact) mass is 700 g/mol. The van der Waals surface area contributed by atoms with Crippen LogP contribution in [-0.2, 0) is 0 Å². The third kappa shape index (κ3) is 6.94. The van der Waals surface area contributed by atoms with Gasteiger partial charge < -0.3 is 25.2 Å². The maximum Gasteiger partial charge on any atom is 0.229 e. The minimum absolute atomic E-state index is 0.461. The van der Waals surface area contributed by atoms with Crippen molar-refractivity contribution in [2.75, 3.05) is 82.3 Å². The molecule has 0 spiro atoms. The third-order valence-corrected chi connectivity index (χ3v) is 11.0. The summed E-state index contributed by atoms with van der Waals surface area (Å²) in [5.41, 5.74) is 5.68. The number of hydrogen-bond acceptors (Lipinski definition) is 9. The van der Waals surface area contributed by atoms with E-state index in [1.54, 1.807) is 13.3 Å². The van der Waals surface area contributed by atoms with E-state index < -0.39 is 7.92 Å². The van der Waals surface area contributed by atoms with Crippen LogP contribution in [0.15, 0.2) is 47.1 Å². The van der Waals surface area contributed by atoms with Crippen LogP contribution in [0, 0.1) is 19.3 Å². The highest BCUT2D eigenvalue weighted by atomic mass is 79.9. The Morgan fingerprint density at radius 3 is 2.43 bits per heavy atom. The van der Waals surface area contributed by atoms with Crippen LogP contribution in [0.2, 0.25) is 0 Å². The molecule has 0 saturated carbocycles. The van der Waals surface area contributed by atoms with Gasteiger partial charge in [-0.05, 0) is 92.0 Å². The molecule has 0 aliphatic carbocycles. The van der Waals surface area contributed by atoms with Crippen LogP contribution in [0.5, 0.6) is 5.75 Å². The van der Waals surface area contributed by atoms with Gasteiger partial charge in [-0.25, -0.2) is 9.97 Å². The second-order valence-corrected chi connectivity index (χ2v) is 15.4. The predicted molar refractivity (Wildman–Crippen MR) is 196 cm³/mol. The highest BCUT2D eigenvalue weighted by Gasteiger charge is 2.28. The van der Waals surface area contributed by atoms with Gasteiger partial charge in [0, 0.05) is 79.6 Å². The SMILES string of the molecule is C#Cc1ccc2c(P(C)C)c(Nc3nc(Nc4cc(OC)c(N5CCC(N6CCN(C)CC6)CC5)cc4C)ncc3Br)ccc2n1. The summed E-state index contributed by atoms with van der Waals surface area (Å²) in [6, 6.07) is 13.0. The molecule has 2 N–H and O–H groups in total. The number of halogens is 1. The minimum atomic E-state index is -0.461. The summed E-state index contributed by atoms with van der Waals surface area (Å²) in [4.78, 5) is 21.7. The molecule has 2 saturated heterocycles. The van der Waals surface area contributed by atoms with Gasteiger partial charge in [0.1, 0.15) is 17.3 Å². The highest BCUT2D eigenvalue weighted by Crippen LogP contribution is 2.38. The van der Waals surface area contributed by atoms with Gasteiger partial charge in [-0.3, -0.25) is 4.90 Å². The second-order valence-electron chi connectivity index (χ2n) is 12.3.